The van der Waals surface area contributed by atoms with E-state index in [1.807, 2.05) is 19.0 Å². The van der Waals surface area contributed by atoms with Crippen LogP contribution in [0.1, 0.15) is 12.5 Å². The molecule has 1 rings (SSSR count). The van der Waals surface area contributed by atoms with Gasteiger partial charge in [-0.2, -0.15) is 0 Å². The number of likely N-dealkylation sites (N-methyl/N-ethyl adjacent to an activating group) is 1. The first-order valence-electron chi connectivity index (χ1n) is 5.04. The minimum absolute atomic E-state index is 0.302. The lowest BCUT2D eigenvalue weighted by molar-refractivity contribution is 0.392. The molecule has 1 atom stereocenters. The van der Waals surface area contributed by atoms with Crippen LogP contribution >= 0.6 is 0 Å². The summed E-state index contributed by atoms with van der Waals surface area (Å²) in [5, 5.41) is 0. The van der Waals surface area contributed by atoms with Crippen LogP contribution in [0.2, 0.25) is 0 Å². The molecule has 88 valence electrons. The maximum atomic E-state index is 13.1. The Kier molecular flexibility index (Phi) is 3.55. The lowest BCUT2D eigenvalue weighted by Gasteiger charge is -2.32. The normalized spacial score (nSPS) is 15.7. The summed E-state index contributed by atoms with van der Waals surface area (Å²) in [6.45, 7) is 1.81. The number of halogens is 1. The highest BCUT2D eigenvalue weighted by atomic mass is 19.1. The van der Waals surface area contributed by atoms with Crippen LogP contribution < -0.4 is 11.5 Å². The van der Waals surface area contributed by atoms with Gasteiger partial charge >= 0.3 is 0 Å². The fourth-order valence-corrected chi connectivity index (χ4v) is 1.75. The standard InChI is InChI=1S/C12H18FN3/c1-12(15,11(8-14)16(2)3)9-5-4-6-10(13)7-9/h4-8H,14-15H2,1-3H3/b11-8-. The van der Waals surface area contributed by atoms with E-state index in [-0.39, 0.29) is 5.82 Å². The zero-order valence-electron chi connectivity index (χ0n) is 9.87. The third-order valence-corrected chi connectivity index (χ3v) is 2.60. The van der Waals surface area contributed by atoms with Crippen molar-refractivity contribution < 1.29 is 4.39 Å². The summed E-state index contributed by atoms with van der Waals surface area (Å²) in [6, 6.07) is 6.24. The van der Waals surface area contributed by atoms with Gasteiger partial charge < -0.3 is 16.4 Å². The van der Waals surface area contributed by atoms with Gasteiger partial charge in [0.15, 0.2) is 0 Å². The zero-order valence-corrected chi connectivity index (χ0v) is 9.87. The van der Waals surface area contributed by atoms with Crippen molar-refractivity contribution in [2.75, 3.05) is 14.1 Å². The average Bonchev–Trinajstić information content (AvgIpc) is 2.17. The fraction of sp³-hybridized carbons (Fsp3) is 0.333. The van der Waals surface area contributed by atoms with Crippen LogP contribution in [0.5, 0.6) is 0 Å². The fourth-order valence-electron chi connectivity index (χ4n) is 1.75. The van der Waals surface area contributed by atoms with Crippen LogP contribution in [0.3, 0.4) is 0 Å². The predicted molar refractivity (Wildman–Crippen MR) is 63.9 cm³/mol. The highest BCUT2D eigenvalue weighted by Crippen LogP contribution is 2.27. The summed E-state index contributed by atoms with van der Waals surface area (Å²) in [4.78, 5) is 1.82. The first-order chi connectivity index (χ1) is 7.39. The molecule has 0 spiro atoms. The maximum absolute atomic E-state index is 13.1. The Balaban J connectivity index is 3.20. The van der Waals surface area contributed by atoms with Gasteiger partial charge in [-0.25, -0.2) is 4.39 Å². The highest BCUT2D eigenvalue weighted by molar-refractivity contribution is 5.33. The molecule has 1 unspecified atom stereocenters. The summed E-state index contributed by atoms with van der Waals surface area (Å²) in [5.41, 5.74) is 12.4. The van der Waals surface area contributed by atoms with E-state index >= 15 is 0 Å². The van der Waals surface area contributed by atoms with Crippen molar-refractivity contribution in [3.05, 3.63) is 47.5 Å². The van der Waals surface area contributed by atoms with E-state index in [4.69, 9.17) is 11.5 Å². The molecule has 0 bridgehead atoms. The predicted octanol–water partition coefficient (Wildman–Crippen LogP) is 1.36. The van der Waals surface area contributed by atoms with Crippen molar-refractivity contribution in [2.24, 2.45) is 11.5 Å². The Morgan fingerprint density at radius 3 is 2.50 bits per heavy atom. The molecule has 1 aromatic carbocycles. The summed E-state index contributed by atoms with van der Waals surface area (Å²) < 4.78 is 13.1. The van der Waals surface area contributed by atoms with Crippen LogP contribution in [0.25, 0.3) is 0 Å². The number of nitrogens with zero attached hydrogens (tertiary/aromatic N) is 1. The van der Waals surface area contributed by atoms with Crippen molar-refractivity contribution in [3.63, 3.8) is 0 Å². The molecule has 16 heavy (non-hydrogen) atoms. The first-order valence-corrected chi connectivity index (χ1v) is 5.04. The third kappa shape index (κ3) is 2.33. The Hall–Kier alpha value is -1.55. The van der Waals surface area contributed by atoms with Crippen LogP contribution in [-0.4, -0.2) is 19.0 Å². The molecule has 4 heteroatoms. The number of nitrogens with two attached hydrogens (primary N) is 2. The molecule has 0 aliphatic rings. The van der Waals surface area contributed by atoms with Crippen LogP contribution in [0.15, 0.2) is 36.2 Å². The monoisotopic (exact) mass is 223 g/mol. The molecule has 0 fully saturated rings. The molecule has 0 heterocycles. The molecule has 4 N–H and O–H groups in total. The Bertz CT molecular complexity index is 397. The molecule has 0 aliphatic carbocycles. The van der Waals surface area contributed by atoms with E-state index in [2.05, 4.69) is 0 Å². The van der Waals surface area contributed by atoms with Crippen LogP contribution in [0.4, 0.5) is 4.39 Å². The quantitative estimate of drug-likeness (QED) is 0.813. The van der Waals surface area contributed by atoms with Crippen LogP contribution in [0, 0.1) is 5.82 Å². The summed E-state index contributed by atoms with van der Waals surface area (Å²) in [6.07, 6.45) is 1.45. The second-order valence-corrected chi connectivity index (χ2v) is 4.16. The van der Waals surface area contributed by atoms with Gasteiger partial charge in [0.1, 0.15) is 5.82 Å². The minimum Gasteiger partial charge on any atom is -0.403 e. The topological polar surface area (TPSA) is 55.3 Å². The van der Waals surface area contributed by atoms with Crippen molar-refractivity contribution in [3.8, 4) is 0 Å². The van der Waals surface area contributed by atoms with Gasteiger partial charge in [-0.05, 0) is 24.6 Å². The molecule has 0 saturated carbocycles. The molecule has 0 aliphatic heterocycles. The van der Waals surface area contributed by atoms with E-state index in [1.54, 1.807) is 19.1 Å². The van der Waals surface area contributed by atoms with Crippen molar-refractivity contribution in [1.82, 2.24) is 4.90 Å². The van der Waals surface area contributed by atoms with E-state index in [1.165, 1.54) is 18.3 Å². The van der Waals surface area contributed by atoms with Gasteiger partial charge in [0, 0.05) is 20.3 Å². The van der Waals surface area contributed by atoms with Gasteiger partial charge in [-0.3, -0.25) is 0 Å². The molecular weight excluding hydrogens is 205 g/mol. The van der Waals surface area contributed by atoms with E-state index in [0.29, 0.717) is 5.56 Å². The summed E-state index contributed by atoms with van der Waals surface area (Å²) in [7, 11) is 3.70. The maximum Gasteiger partial charge on any atom is 0.123 e. The first kappa shape index (κ1) is 12.5. The Morgan fingerprint density at radius 2 is 2.06 bits per heavy atom. The average molecular weight is 223 g/mol. The number of benzene rings is 1. The van der Waals surface area contributed by atoms with Gasteiger partial charge in [0.25, 0.3) is 0 Å². The van der Waals surface area contributed by atoms with E-state index in [0.717, 1.165) is 5.70 Å². The molecule has 0 aromatic heterocycles. The zero-order chi connectivity index (χ0) is 12.3. The Morgan fingerprint density at radius 1 is 1.44 bits per heavy atom. The molecule has 0 radical (unpaired) electrons. The van der Waals surface area contributed by atoms with Gasteiger partial charge in [0.2, 0.25) is 0 Å². The lowest BCUT2D eigenvalue weighted by atomic mass is 9.89. The SMILES string of the molecule is CN(C)/C(=C\N)C(C)(N)c1cccc(F)c1. The number of rotatable bonds is 3. The van der Waals surface area contributed by atoms with Crippen LogP contribution in [-0.2, 0) is 5.54 Å². The van der Waals surface area contributed by atoms with Gasteiger partial charge in [-0.1, -0.05) is 12.1 Å². The molecule has 3 nitrogen and oxygen atoms in total. The molecule has 1 aromatic rings. The van der Waals surface area contributed by atoms with Crippen molar-refractivity contribution in [2.45, 2.75) is 12.5 Å². The third-order valence-electron chi connectivity index (χ3n) is 2.60. The van der Waals surface area contributed by atoms with E-state index in [9.17, 15) is 4.39 Å². The lowest BCUT2D eigenvalue weighted by Crippen LogP contribution is -2.41. The summed E-state index contributed by atoms with van der Waals surface area (Å²) in [5.74, 6) is -0.302. The number of hydrogen-bond acceptors (Lipinski definition) is 3. The minimum atomic E-state index is -0.805. The molecule has 0 amide bonds. The second kappa shape index (κ2) is 4.53. The summed E-state index contributed by atoms with van der Waals surface area (Å²) >= 11 is 0. The van der Waals surface area contributed by atoms with Crippen molar-refractivity contribution >= 4 is 0 Å². The largest absolute Gasteiger partial charge is 0.403 e. The second-order valence-electron chi connectivity index (χ2n) is 4.16. The number of hydrogen-bond donors (Lipinski definition) is 2. The van der Waals surface area contributed by atoms with Gasteiger partial charge in [-0.15, -0.1) is 0 Å². The Labute approximate surface area is 95.5 Å². The molecule has 0 saturated heterocycles. The van der Waals surface area contributed by atoms with E-state index < -0.39 is 5.54 Å². The molecular formula is C12H18FN3. The van der Waals surface area contributed by atoms with Crippen molar-refractivity contribution in [1.29, 1.82) is 0 Å². The van der Waals surface area contributed by atoms with Gasteiger partial charge in [0.05, 0.1) is 11.2 Å². The smallest absolute Gasteiger partial charge is 0.123 e. The highest BCUT2D eigenvalue weighted by Gasteiger charge is 2.27.